The Morgan fingerprint density at radius 2 is 1.94 bits per heavy atom. The Hall–Kier alpha value is -2.95. The summed E-state index contributed by atoms with van der Waals surface area (Å²) >= 11 is 0. The Balaban J connectivity index is 1.65. The second-order valence-corrected chi connectivity index (χ2v) is 9.31. The number of nitrogens with one attached hydrogen (secondary N) is 2. The molecule has 1 unspecified atom stereocenters. The van der Waals surface area contributed by atoms with Crippen molar-refractivity contribution in [1.82, 2.24) is 0 Å². The zero-order valence-corrected chi connectivity index (χ0v) is 17.9. The van der Waals surface area contributed by atoms with E-state index in [2.05, 4.69) is 10.6 Å². The number of primary sulfonamides is 1. The van der Waals surface area contributed by atoms with Gasteiger partial charge in [-0.05, 0) is 48.4 Å². The van der Waals surface area contributed by atoms with Crippen molar-refractivity contribution in [2.24, 2.45) is 11.1 Å². The molecule has 9 nitrogen and oxygen atoms in total. The van der Waals surface area contributed by atoms with Crippen molar-refractivity contribution >= 4 is 38.9 Å². The number of nitrogens with zero attached hydrogens (tertiary/aromatic N) is 1. The lowest BCUT2D eigenvalue weighted by Crippen LogP contribution is -2.37. The summed E-state index contributed by atoms with van der Waals surface area (Å²) in [5, 5.41) is 11.0. The van der Waals surface area contributed by atoms with Gasteiger partial charge in [0.15, 0.2) is 0 Å². The molecule has 0 bridgehead atoms. The average molecular weight is 445 g/mol. The lowest BCUT2D eigenvalue weighted by molar-refractivity contribution is -0.119. The molecule has 4 N–H and O–H groups in total. The molecule has 2 aromatic rings. The normalized spacial score (nSPS) is 18.8. The highest BCUT2D eigenvalue weighted by Gasteiger charge is 2.24. The van der Waals surface area contributed by atoms with E-state index in [0.29, 0.717) is 44.1 Å². The number of anilines is 3. The molecule has 0 radical (unpaired) electrons. The lowest BCUT2D eigenvalue weighted by Gasteiger charge is -2.30. The molecule has 10 heteroatoms. The molecule has 31 heavy (non-hydrogen) atoms. The summed E-state index contributed by atoms with van der Waals surface area (Å²) in [5.41, 5.74) is 3.05. The van der Waals surface area contributed by atoms with E-state index in [1.807, 2.05) is 17.9 Å². The van der Waals surface area contributed by atoms with Crippen LogP contribution >= 0.6 is 0 Å². The van der Waals surface area contributed by atoms with Crippen LogP contribution in [0.4, 0.5) is 17.1 Å². The molecule has 2 amide bonds. The van der Waals surface area contributed by atoms with Crippen LogP contribution < -0.4 is 20.7 Å². The number of rotatable bonds is 4. The third kappa shape index (κ3) is 4.55. The summed E-state index contributed by atoms with van der Waals surface area (Å²) in [6.45, 7) is 4.06. The second-order valence-electron chi connectivity index (χ2n) is 7.74. The maximum absolute atomic E-state index is 13.2. The Kier molecular flexibility index (Phi) is 5.69. The van der Waals surface area contributed by atoms with Crippen LogP contribution in [0.2, 0.25) is 0 Å². The Morgan fingerprint density at radius 1 is 1.19 bits per heavy atom. The molecule has 0 saturated carbocycles. The average Bonchev–Trinajstić information content (AvgIpc) is 2.74. The highest BCUT2D eigenvalue weighted by atomic mass is 32.2. The van der Waals surface area contributed by atoms with E-state index in [4.69, 9.17) is 9.88 Å². The van der Waals surface area contributed by atoms with E-state index >= 15 is 0 Å². The Morgan fingerprint density at radius 3 is 2.65 bits per heavy atom. The fourth-order valence-corrected chi connectivity index (χ4v) is 4.33. The Bertz CT molecular complexity index is 1140. The number of hydrogen-bond donors (Lipinski definition) is 3. The molecule has 2 heterocycles. The van der Waals surface area contributed by atoms with Gasteiger partial charge in [0.1, 0.15) is 0 Å². The minimum absolute atomic E-state index is 0.0285. The first-order valence-corrected chi connectivity index (χ1v) is 11.5. The molecule has 0 aliphatic carbocycles. The van der Waals surface area contributed by atoms with Crippen LogP contribution in [0.25, 0.3) is 0 Å². The van der Waals surface area contributed by atoms with Gasteiger partial charge in [-0.15, -0.1) is 0 Å². The number of hydrogen-bond acceptors (Lipinski definition) is 6. The maximum Gasteiger partial charge on any atom is 0.257 e. The van der Waals surface area contributed by atoms with Gasteiger partial charge in [-0.1, -0.05) is 6.92 Å². The van der Waals surface area contributed by atoms with Crippen LogP contribution in [0.15, 0.2) is 41.3 Å². The van der Waals surface area contributed by atoms with Gasteiger partial charge in [-0.2, -0.15) is 0 Å². The van der Waals surface area contributed by atoms with Crippen LogP contribution in [-0.4, -0.2) is 46.5 Å². The molecule has 2 aliphatic heterocycles. The zero-order chi connectivity index (χ0) is 22.2. The van der Waals surface area contributed by atoms with E-state index in [-0.39, 0.29) is 22.3 Å². The number of sulfonamides is 1. The highest BCUT2D eigenvalue weighted by Crippen LogP contribution is 2.30. The largest absolute Gasteiger partial charge is 0.378 e. The van der Waals surface area contributed by atoms with Crippen LogP contribution in [0.1, 0.15) is 22.8 Å². The molecule has 164 valence electrons. The third-order valence-electron chi connectivity index (χ3n) is 5.49. The van der Waals surface area contributed by atoms with Crippen molar-refractivity contribution in [3.05, 3.63) is 47.5 Å². The summed E-state index contributed by atoms with van der Waals surface area (Å²) in [7, 11) is -3.97. The molecular weight excluding hydrogens is 420 g/mol. The summed E-state index contributed by atoms with van der Waals surface area (Å²) in [4.78, 5) is 26.9. The third-order valence-corrected chi connectivity index (χ3v) is 6.40. The number of amides is 2. The first kappa shape index (κ1) is 21.3. The fourth-order valence-electron chi connectivity index (χ4n) is 3.79. The van der Waals surface area contributed by atoms with Gasteiger partial charge in [0.05, 0.1) is 23.7 Å². The van der Waals surface area contributed by atoms with Gasteiger partial charge >= 0.3 is 0 Å². The van der Waals surface area contributed by atoms with Gasteiger partial charge in [-0.25, -0.2) is 13.6 Å². The minimum Gasteiger partial charge on any atom is -0.378 e. The topological polar surface area (TPSA) is 131 Å². The predicted molar refractivity (Wildman–Crippen MR) is 117 cm³/mol. The van der Waals surface area contributed by atoms with Gasteiger partial charge in [-0.3, -0.25) is 9.59 Å². The maximum atomic E-state index is 13.2. The summed E-state index contributed by atoms with van der Waals surface area (Å²) in [6, 6.07) is 9.57. The van der Waals surface area contributed by atoms with E-state index < -0.39 is 15.9 Å². The van der Waals surface area contributed by atoms with Gasteiger partial charge in [0.2, 0.25) is 15.9 Å². The smallest absolute Gasteiger partial charge is 0.257 e. The number of nitrogens with two attached hydrogens (primary N) is 1. The minimum atomic E-state index is -3.97. The van der Waals surface area contributed by atoms with E-state index in [0.717, 1.165) is 11.3 Å². The van der Waals surface area contributed by atoms with Crippen molar-refractivity contribution < 1.29 is 22.7 Å². The number of fused-ring (bicyclic) bond motifs is 1. The number of carbonyl (C=O) groups excluding carboxylic acids is 2. The first-order chi connectivity index (χ1) is 14.7. The van der Waals surface area contributed by atoms with Gasteiger partial charge in [0.25, 0.3) is 5.91 Å². The van der Waals surface area contributed by atoms with Crippen LogP contribution in [0.3, 0.4) is 0 Å². The number of ether oxygens (including phenoxy) is 1. The van der Waals surface area contributed by atoms with Gasteiger partial charge in [0, 0.05) is 36.1 Å². The molecule has 1 atom stereocenters. The summed E-state index contributed by atoms with van der Waals surface area (Å²) in [6.07, 6.45) is 0.574. The van der Waals surface area contributed by atoms with Crippen LogP contribution in [0, 0.1) is 5.92 Å². The molecular formula is C21H24N4O5S. The van der Waals surface area contributed by atoms with Crippen molar-refractivity contribution in [2.45, 2.75) is 18.2 Å². The van der Waals surface area contributed by atoms with Crippen LogP contribution in [-0.2, 0) is 26.0 Å². The van der Waals surface area contributed by atoms with Crippen molar-refractivity contribution in [3.63, 3.8) is 0 Å². The summed E-state index contributed by atoms with van der Waals surface area (Å²) < 4.78 is 29.1. The van der Waals surface area contributed by atoms with Crippen molar-refractivity contribution in [1.29, 1.82) is 0 Å². The standard InChI is InChI=1S/C21H24N4O5S/c1-13-10-14-11-15(2-4-18(14)24-20(13)26)23-21(27)17-12-16(31(22,28)29)3-5-19(17)25-6-8-30-9-7-25/h2-5,11-13H,6-10H2,1H3,(H,23,27)(H,24,26)(H2,22,28,29). The molecule has 0 aromatic heterocycles. The van der Waals surface area contributed by atoms with Crippen molar-refractivity contribution in [3.8, 4) is 0 Å². The molecule has 2 aromatic carbocycles. The second kappa shape index (κ2) is 8.29. The quantitative estimate of drug-likeness (QED) is 0.656. The number of morpholine rings is 1. The van der Waals surface area contributed by atoms with Gasteiger partial charge < -0.3 is 20.3 Å². The predicted octanol–water partition coefficient (Wildman–Crippen LogP) is 1.55. The monoisotopic (exact) mass is 444 g/mol. The summed E-state index contributed by atoms with van der Waals surface area (Å²) in [5.74, 6) is -0.628. The molecule has 1 fully saturated rings. The fraction of sp³-hybridized carbons (Fsp3) is 0.333. The molecule has 2 aliphatic rings. The zero-order valence-electron chi connectivity index (χ0n) is 17.1. The van der Waals surface area contributed by atoms with E-state index in [1.165, 1.54) is 12.1 Å². The number of benzene rings is 2. The Labute approximate surface area is 180 Å². The molecule has 0 spiro atoms. The molecule has 4 rings (SSSR count). The highest BCUT2D eigenvalue weighted by molar-refractivity contribution is 7.89. The van der Waals surface area contributed by atoms with Crippen LogP contribution in [0.5, 0.6) is 0 Å². The SMILES string of the molecule is CC1Cc2cc(NC(=O)c3cc(S(N)(=O)=O)ccc3N3CCOCC3)ccc2NC1=O. The van der Waals surface area contributed by atoms with E-state index in [9.17, 15) is 18.0 Å². The number of carbonyl (C=O) groups is 2. The first-order valence-electron chi connectivity index (χ1n) is 9.97. The van der Waals surface area contributed by atoms with E-state index in [1.54, 1.807) is 18.2 Å². The molecule has 1 saturated heterocycles. The van der Waals surface area contributed by atoms with Crippen molar-refractivity contribution in [2.75, 3.05) is 41.8 Å². The lowest BCUT2D eigenvalue weighted by atomic mass is 9.94.